The first-order chi connectivity index (χ1) is 9.49. The fourth-order valence-corrected chi connectivity index (χ4v) is 2.28. The van der Waals surface area contributed by atoms with Gasteiger partial charge in [-0.05, 0) is 17.7 Å². The number of nitrogens with two attached hydrogens (primary N) is 1. The Labute approximate surface area is 115 Å². The van der Waals surface area contributed by atoms with Gasteiger partial charge in [-0.1, -0.05) is 12.1 Å². The standard InChI is InChI=1S/C13H17F3N2O2/c14-13(15,16)20-11-3-1-10(2-4-11)12(9-17)18-5-7-19-8-6-18/h1-4,12H,5-9,17H2/t12-/m0/s1. The molecule has 0 amide bonds. The molecule has 2 N–H and O–H groups in total. The summed E-state index contributed by atoms with van der Waals surface area (Å²) in [6, 6.07) is 5.85. The molecule has 1 aliphatic rings. The molecule has 0 saturated carbocycles. The van der Waals surface area contributed by atoms with Gasteiger partial charge < -0.3 is 15.2 Å². The molecule has 1 aromatic carbocycles. The van der Waals surface area contributed by atoms with E-state index >= 15 is 0 Å². The van der Waals surface area contributed by atoms with E-state index in [2.05, 4.69) is 9.64 Å². The Morgan fingerprint density at radius 3 is 2.30 bits per heavy atom. The van der Waals surface area contributed by atoms with Gasteiger partial charge in [-0.15, -0.1) is 13.2 Å². The minimum absolute atomic E-state index is 0.0150. The lowest BCUT2D eigenvalue weighted by atomic mass is 10.0. The highest BCUT2D eigenvalue weighted by Crippen LogP contribution is 2.26. The Morgan fingerprint density at radius 1 is 1.20 bits per heavy atom. The second-order valence-corrected chi connectivity index (χ2v) is 4.52. The molecule has 0 aromatic heterocycles. The second kappa shape index (κ2) is 6.43. The molecular weight excluding hydrogens is 273 g/mol. The van der Waals surface area contributed by atoms with Crippen molar-refractivity contribution in [2.24, 2.45) is 5.73 Å². The molecule has 0 unspecified atom stereocenters. The van der Waals surface area contributed by atoms with Crippen molar-refractivity contribution in [1.82, 2.24) is 4.90 Å². The van der Waals surface area contributed by atoms with E-state index in [1.165, 1.54) is 12.1 Å². The summed E-state index contributed by atoms with van der Waals surface area (Å²) in [4.78, 5) is 2.17. The lowest BCUT2D eigenvalue weighted by molar-refractivity contribution is -0.274. The smallest absolute Gasteiger partial charge is 0.406 e. The van der Waals surface area contributed by atoms with Crippen LogP contribution in [0, 0.1) is 0 Å². The quantitative estimate of drug-likeness (QED) is 0.920. The maximum atomic E-state index is 12.1. The zero-order valence-electron chi connectivity index (χ0n) is 10.9. The van der Waals surface area contributed by atoms with Crippen molar-refractivity contribution in [3.05, 3.63) is 29.8 Å². The van der Waals surface area contributed by atoms with Crippen molar-refractivity contribution < 1.29 is 22.6 Å². The average molecular weight is 290 g/mol. The van der Waals surface area contributed by atoms with Crippen molar-refractivity contribution in [2.45, 2.75) is 12.4 Å². The Morgan fingerprint density at radius 2 is 1.80 bits per heavy atom. The monoisotopic (exact) mass is 290 g/mol. The Balaban J connectivity index is 2.06. The predicted octanol–water partition coefficient (Wildman–Crippen LogP) is 1.92. The van der Waals surface area contributed by atoms with Gasteiger partial charge in [0.15, 0.2) is 0 Å². The molecule has 112 valence electrons. The van der Waals surface area contributed by atoms with Crippen LogP contribution in [-0.4, -0.2) is 44.1 Å². The Bertz CT molecular complexity index is 417. The Kier molecular flexibility index (Phi) is 4.85. The average Bonchev–Trinajstić information content (AvgIpc) is 2.41. The maximum absolute atomic E-state index is 12.1. The van der Waals surface area contributed by atoms with Gasteiger partial charge in [-0.2, -0.15) is 0 Å². The SMILES string of the molecule is NC[C@@H](c1ccc(OC(F)(F)F)cc1)N1CCOCC1. The predicted molar refractivity (Wildman–Crippen MR) is 67.3 cm³/mol. The summed E-state index contributed by atoms with van der Waals surface area (Å²) in [6.45, 7) is 3.22. The molecule has 1 saturated heterocycles. The lowest BCUT2D eigenvalue weighted by Crippen LogP contribution is -2.41. The summed E-state index contributed by atoms with van der Waals surface area (Å²) in [5.74, 6) is -0.223. The summed E-state index contributed by atoms with van der Waals surface area (Å²) in [7, 11) is 0. The number of morpholine rings is 1. The van der Waals surface area contributed by atoms with Gasteiger partial charge in [0.2, 0.25) is 0 Å². The van der Waals surface area contributed by atoms with E-state index in [-0.39, 0.29) is 11.8 Å². The molecule has 0 aliphatic carbocycles. The molecule has 1 fully saturated rings. The number of hydrogen-bond donors (Lipinski definition) is 1. The van der Waals surface area contributed by atoms with Gasteiger partial charge in [-0.25, -0.2) is 0 Å². The van der Waals surface area contributed by atoms with E-state index < -0.39 is 6.36 Å². The molecule has 1 aliphatic heterocycles. The highest BCUT2D eigenvalue weighted by Gasteiger charge is 2.31. The van der Waals surface area contributed by atoms with Crippen molar-refractivity contribution in [3.8, 4) is 5.75 Å². The molecule has 20 heavy (non-hydrogen) atoms. The number of hydrogen-bond acceptors (Lipinski definition) is 4. The molecule has 0 bridgehead atoms. The maximum Gasteiger partial charge on any atom is 0.573 e. The number of rotatable bonds is 4. The third kappa shape index (κ3) is 4.09. The lowest BCUT2D eigenvalue weighted by Gasteiger charge is -2.34. The zero-order chi connectivity index (χ0) is 14.6. The minimum atomic E-state index is -4.67. The summed E-state index contributed by atoms with van der Waals surface area (Å²) >= 11 is 0. The molecule has 1 atom stereocenters. The van der Waals surface area contributed by atoms with E-state index in [4.69, 9.17) is 10.5 Å². The van der Waals surface area contributed by atoms with Crippen LogP contribution >= 0.6 is 0 Å². The van der Waals surface area contributed by atoms with E-state index in [1.54, 1.807) is 12.1 Å². The molecule has 0 radical (unpaired) electrons. The van der Waals surface area contributed by atoms with E-state index in [0.29, 0.717) is 19.8 Å². The summed E-state index contributed by atoms with van der Waals surface area (Å²) in [6.07, 6.45) is -4.67. The largest absolute Gasteiger partial charge is 0.573 e. The van der Waals surface area contributed by atoms with Crippen LogP contribution in [0.5, 0.6) is 5.75 Å². The van der Waals surface area contributed by atoms with Gasteiger partial charge in [-0.3, -0.25) is 4.90 Å². The van der Waals surface area contributed by atoms with Gasteiger partial charge in [0, 0.05) is 25.7 Å². The topological polar surface area (TPSA) is 47.7 Å². The molecule has 4 nitrogen and oxygen atoms in total. The Hall–Kier alpha value is -1.31. The number of alkyl halides is 3. The number of halogens is 3. The molecule has 7 heteroatoms. The first-order valence-corrected chi connectivity index (χ1v) is 6.37. The second-order valence-electron chi connectivity index (χ2n) is 4.52. The molecular formula is C13H17F3N2O2. The number of nitrogens with zero attached hydrogens (tertiary/aromatic N) is 1. The minimum Gasteiger partial charge on any atom is -0.406 e. The van der Waals surface area contributed by atoms with Crippen molar-refractivity contribution in [1.29, 1.82) is 0 Å². The molecule has 1 aromatic rings. The normalized spacial score (nSPS) is 18.8. The van der Waals surface area contributed by atoms with E-state index in [0.717, 1.165) is 18.7 Å². The van der Waals surface area contributed by atoms with Gasteiger partial charge in [0.1, 0.15) is 5.75 Å². The van der Waals surface area contributed by atoms with Crippen molar-refractivity contribution in [3.63, 3.8) is 0 Å². The van der Waals surface area contributed by atoms with Crippen LogP contribution in [0.1, 0.15) is 11.6 Å². The van der Waals surface area contributed by atoms with Crippen molar-refractivity contribution >= 4 is 0 Å². The van der Waals surface area contributed by atoms with Crippen LogP contribution in [0.2, 0.25) is 0 Å². The highest BCUT2D eigenvalue weighted by molar-refractivity contribution is 5.29. The van der Waals surface area contributed by atoms with Crippen LogP contribution in [0.3, 0.4) is 0 Å². The number of ether oxygens (including phenoxy) is 2. The van der Waals surface area contributed by atoms with Gasteiger partial charge in [0.05, 0.1) is 13.2 Å². The van der Waals surface area contributed by atoms with Crippen LogP contribution in [0.25, 0.3) is 0 Å². The zero-order valence-corrected chi connectivity index (χ0v) is 10.9. The van der Waals surface area contributed by atoms with Gasteiger partial charge in [0.25, 0.3) is 0 Å². The fraction of sp³-hybridized carbons (Fsp3) is 0.538. The van der Waals surface area contributed by atoms with Crippen LogP contribution in [0.15, 0.2) is 24.3 Å². The summed E-state index contributed by atoms with van der Waals surface area (Å²) in [5.41, 5.74) is 6.66. The van der Waals surface area contributed by atoms with Crippen LogP contribution in [0.4, 0.5) is 13.2 Å². The summed E-state index contributed by atoms with van der Waals surface area (Å²) < 4.78 is 45.4. The first kappa shape index (κ1) is 15.1. The fourth-order valence-electron chi connectivity index (χ4n) is 2.28. The first-order valence-electron chi connectivity index (χ1n) is 6.37. The van der Waals surface area contributed by atoms with Crippen molar-refractivity contribution in [2.75, 3.05) is 32.8 Å². The third-order valence-corrected chi connectivity index (χ3v) is 3.21. The molecule has 0 spiro atoms. The third-order valence-electron chi connectivity index (χ3n) is 3.21. The van der Waals surface area contributed by atoms with Gasteiger partial charge >= 0.3 is 6.36 Å². The number of benzene rings is 1. The van der Waals surface area contributed by atoms with Crippen LogP contribution < -0.4 is 10.5 Å². The molecule has 2 rings (SSSR count). The van der Waals surface area contributed by atoms with E-state index in [1.807, 2.05) is 0 Å². The van der Waals surface area contributed by atoms with E-state index in [9.17, 15) is 13.2 Å². The highest BCUT2D eigenvalue weighted by atomic mass is 19.4. The molecule has 1 heterocycles. The van der Waals surface area contributed by atoms with Crippen LogP contribution in [-0.2, 0) is 4.74 Å². The summed E-state index contributed by atoms with van der Waals surface area (Å²) in [5, 5.41) is 0.